The summed E-state index contributed by atoms with van der Waals surface area (Å²) in [7, 11) is 0. The molecule has 20 heavy (non-hydrogen) atoms. The zero-order valence-corrected chi connectivity index (χ0v) is 12.2. The fourth-order valence-corrected chi connectivity index (χ4v) is 3.01. The highest BCUT2D eigenvalue weighted by molar-refractivity contribution is 7.08. The lowest BCUT2D eigenvalue weighted by Gasteiger charge is -2.33. The summed E-state index contributed by atoms with van der Waals surface area (Å²) in [6, 6.07) is 10.2. The first-order chi connectivity index (χ1) is 9.74. The molecule has 1 aliphatic heterocycles. The Morgan fingerprint density at radius 3 is 2.80 bits per heavy atom. The van der Waals surface area contributed by atoms with Gasteiger partial charge in [-0.25, -0.2) is 0 Å². The van der Waals surface area contributed by atoms with Crippen LogP contribution in [-0.2, 0) is 4.74 Å². The van der Waals surface area contributed by atoms with E-state index in [1.807, 2.05) is 21.7 Å². The van der Waals surface area contributed by atoms with Gasteiger partial charge in [-0.05, 0) is 23.9 Å². The highest BCUT2D eigenvalue weighted by Crippen LogP contribution is 2.24. The number of carbonyl (C=O) groups is 1. The van der Waals surface area contributed by atoms with Gasteiger partial charge in [-0.3, -0.25) is 4.79 Å². The van der Waals surface area contributed by atoms with Crippen LogP contribution in [0, 0.1) is 6.92 Å². The van der Waals surface area contributed by atoms with Crippen molar-refractivity contribution in [1.82, 2.24) is 4.90 Å². The van der Waals surface area contributed by atoms with Gasteiger partial charge in [0.25, 0.3) is 5.91 Å². The summed E-state index contributed by atoms with van der Waals surface area (Å²) in [5.41, 5.74) is 3.15. The zero-order chi connectivity index (χ0) is 13.9. The van der Waals surface area contributed by atoms with Gasteiger partial charge in [0.05, 0.1) is 18.7 Å². The normalized spacial score (nSPS) is 19.1. The van der Waals surface area contributed by atoms with Gasteiger partial charge in [0.1, 0.15) is 6.10 Å². The smallest absolute Gasteiger partial charge is 0.254 e. The molecule has 0 N–H and O–H groups in total. The van der Waals surface area contributed by atoms with Crippen molar-refractivity contribution in [3.63, 3.8) is 0 Å². The summed E-state index contributed by atoms with van der Waals surface area (Å²) in [6.07, 6.45) is -0.0214. The number of aryl methyl sites for hydroxylation is 1. The fourth-order valence-electron chi connectivity index (χ4n) is 2.39. The van der Waals surface area contributed by atoms with Gasteiger partial charge in [0.15, 0.2) is 0 Å². The Balaban J connectivity index is 1.73. The first kappa shape index (κ1) is 13.3. The summed E-state index contributed by atoms with van der Waals surface area (Å²) in [6.45, 7) is 3.95. The second-order valence-electron chi connectivity index (χ2n) is 5.03. The minimum atomic E-state index is -0.0214. The summed E-state index contributed by atoms with van der Waals surface area (Å²) in [5.74, 6) is 0.103. The Labute approximate surface area is 122 Å². The van der Waals surface area contributed by atoms with Crippen LogP contribution in [0.4, 0.5) is 0 Å². The van der Waals surface area contributed by atoms with Gasteiger partial charge in [0.2, 0.25) is 0 Å². The lowest BCUT2D eigenvalue weighted by Crippen LogP contribution is -2.42. The lowest BCUT2D eigenvalue weighted by molar-refractivity contribution is -0.0228. The molecule has 1 atom stereocenters. The molecule has 0 radical (unpaired) electrons. The van der Waals surface area contributed by atoms with E-state index in [1.54, 1.807) is 11.3 Å². The Morgan fingerprint density at radius 1 is 1.30 bits per heavy atom. The van der Waals surface area contributed by atoms with Gasteiger partial charge in [-0.2, -0.15) is 11.3 Å². The zero-order valence-electron chi connectivity index (χ0n) is 11.4. The Bertz CT molecular complexity index is 577. The van der Waals surface area contributed by atoms with E-state index in [0.717, 1.165) is 11.1 Å². The molecule has 1 aromatic heterocycles. The standard InChI is InChI=1S/C16H17NO2S/c1-12-2-4-13(5-3-12)15-10-17(7-8-19-15)16(18)14-6-9-20-11-14/h2-6,9,11,15H,7-8,10H2,1H3. The molecule has 1 saturated heterocycles. The molecule has 1 amide bonds. The van der Waals surface area contributed by atoms with Crippen LogP contribution in [0.3, 0.4) is 0 Å². The molecule has 1 aromatic carbocycles. The minimum Gasteiger partial charge on any atom is -0.370 e. The Hall–Kier alpha value is -1.65. The summed E-state index contributed by atoms with van der Waals surface area (Å²) in [4.78, 5) is 14.3. The minimum absolute atomic E-state index is 0.0214. The van der Waals surface area contributed by atoms with E-state index in [0.29, 0.717) is 19.7 Å². The van der Waals surface area contributed by atoms with Crippen LogP contribution in [0.25, 0.3) is 0 Å². The van der Waals surface area contributed by atoms with Crippen LogP contribution >= 0.6 is 11.3 Å². The Morgan fingerprint density at radius 2 is 2.10 bits per heavy atom. The largest absolute Gasteiger partial charge is 0.370 e. The van der Waals surface area contributed by atoms with Crippen molar-refractivity contribution < 1.29 is 9.53 Å². The molecule has 104 valence electrons. The third-order valence-electron chi connectivity index (χ3n) is 3.57. The molecule has 4 heteroatoms. The van der Waals surface area contributed by atoms with Crippen molar-refractivity contribution in [2.24, 2.45) is 0 Å². The maximum Gasteiger partial charge on any atom is 0.254 e. The van der Waals surface area contributed by atoms with Crippen molar-refractivity contribution in [3.05, 3.63) is 57.8 Å². The predicted octanol–water partition coefficient (Wildman–Crippen LogP) is 3.27. The SMILES string of the molecule is Cc1ccc(C2CN(C(=O)c3ccsc3)CCO2)cc1. The molecule has 3 nitrogen and oxygen atoms in total. The van der Waals surface area contributed by atoms with E-state index in [9.17, 15) is 4.79 Å². The highest BCUT2D eigenvalue weighted by atomic mass is 32.1. The quantitative estimate of drug-likeness (QED) is 0.848. The van der Waals surface area contributed by atoms with Crippen LogP contribution in [0.1, 0.15) is 27.6 Å². The second-order valence-corrected chi connectivity index (χ2v) is 5.81. The number of thiophene rings is 1. The molecule has 1 unspecified atom stereocenters. The number of carbonyl (C=O) groups excluding carboxylic acids is 1. The number of hydrogen-bond acceptors (Lipinski definition) is 3. The van der Waals surface area contributed by atoms with E-state index in [-0.39, 0.29) is 12.0 Å². The molecule has 2 heterocycles. The van der Waals surface area contributed by atoms with Crippen LogP contribution in [0.2, 0.25) is 0 Å². The molecular weight excluding hydrogens is 270 g/mol. The van der Waals surface area contributed by atoms with Gasteiger partial charge in [0, 0.05) is 11.9 Å². The van der Waals surface area contributed by atoms with E-state index < -0.39 is 0 Å². The third-order valence-corrected chi connectivity index (χ3v) is 4.25. The highest BCUT2D eigenvalue weighted by Gasteiger charge is 2.26. The van der Waals surface area contributed by atoms with Crippen molar-refractivity contribution in [3.8, 4) is 0 Å². The van der Waals surface area contributed by atoms with Crippen molar-refractivity contribution in [2.75, 3.05) is 19.7 Å². The van der Waals surface area contributed by atoms with Gasteiger partial charge in [-0.15, -0.1) is 0 Å². The van der Waals surface area contributed by atoms with E-state index >= 15 is 0 Å². The van der Waals surface area contributed by atoms with Gasteiger partial charge >= 0.3 is 0 Å². The van der Waals surface area contributed by atoms with Crippen LogP contribution in [0.15, 0.2) is 41.1 Å². The molecule has 0 saturated carbocycles. The van der Waals surface area contributed by atoms with Crippen LogP contribution in [0.5, 0.6) is 0 Å². The molecule has 0 aliphatic carbocycles. The van der Waals surface area contributed by atoms with E-state index in [1.165, 1.54) is 5.56 Å². The molecular formula is C16H17NO2S. The third kappa shape index (κ3) is 2.76. The number of hydrogen-bond donors (Lipinski definition) is 0. The average Bonchev–Trinajstić information content (AvgIpc) is 3.01. The topological polar surface area (TPSA) is 29.5 Å². The number of ether oxygens (including phenoxy) is 1. The average molecular weight is 287 g/mol. The fraction of sp³-hybridized carbons (Fsp3) is 0.312. The molecule has 2 aromatic rings. The predicted molar refractivity (Wildman–Crippen MR) is 80.1 cm³/mol. The van der Waals surface area contributed by atoms with Crippen LogP contribution < -0.4 is 0 Å². The van der Waals surface area contributed by atoms with Gasteiger partial charge in [-0.1, -0.05) is 29.8 Å². The number of morpholine rings is 1. The monoisotopic (exact) mass is 287 g/mol. The molecule has 0 bridgehead atoms. The molecule has 1 fully saturated rings. The molecule has 0 spiro atoms. The Kier molecular flexibility index (Phi) is 3.85. The van der Waals surface area contributed by atoms with Crippen molar-refractivity contribution in [2.45, 2.75) is 13.0 Å². The summed E-state index contributed by atoms with van der Waals surface area (Å²) in [5, 5.41) is 3.84. The van der Waals surface area contributed by atoms with E-state index in [2.05, 4.69) is 31.2 Å². The lowest BCUT2D eigenvalue weighted by atomic mass is 10.1. The first-order valence-corrected chi connectivity index (χ1v) is 7.68. The molecule has 1 aliphatic rings. The summed E-state index contributed by atoms with van der Waals surface area (Å²) < 4.78 is 5.81. The number of rotatable bonds is 2. The van der Waals surface area contributed by atoms with Crippen LogP contribution in [-0.4, -0.2) is 30.5 Å². The van der Waals surface area contributed by atoms with Crippen molar-refractivity contribution in [1.29, 1.82) is 0 Å². The maximum atomic E-state index is 12.4. The number of amides is 1. The van der Waals surface area contributed by atoms with Crippen molar-refractivity contribution >= 4 is 17.2 Å². The second kappa shape index (κ2) is 5.77. The number of benzene rings is 1. The number of nitrogens with zero attached hydrogens (tertiary/aromatic N) is 1. The maximum absolute atomic E-state index is 12.4. The summed E-state index contributed by atoms with van der Waals surface area (Å²) >= 11 is 1.55. The first-order valence-electron chi connectivity index (χ1n) is 6.73. The van der Waals surface area contributed by atoms with E-state index in [4.69, 9.17) is 4.74 Å². The van der Waals surface area contributed by atoms with Gasteiger partial charge < -0.3 is 9.64 Å². The molecule has 3 rings (SSSR count).